The predicted octanol–water partition coefficient (Wildman–Crippen LogP) is 4.02. The number of fused-ring (bicyclic) bond motifs is 3. The van der Waals surface area contributed by atoms with Crippen LogP contribution in [0, 0.1) is 11.6 Å². The first-order chi connectivity index (χ1) is 15.0. The zero-order chi connectivity index (χ0) is 21.5. The van der Waals surface area contributed by atoms with E-state index in [-0.39, 0.29) is 24.6 Å². The average Bonchev–Trinajstić information content (AvgIpc) is 3.45. The molecule has 2 aromatic carbocycles. The van der Waals surface area contributed by atoms with Gasteiger partial charge >= 0.3 is 0 Å². The van der Waals surface area contributed by atoms with E-state index in [0.717, 1.165) is 17.6 Å². The third-order valence-electron chi connectivity index (χ3n) is 5.16. The first-order valence-electron chi connectivity index (χ1n) is 9.57. The third kappa shape index (κ3) is 3.33. The van der Waals surface area contributed by atoms with Crippen molar-refractivity contribution in [3.63, 3.8) is 0 Å². The average molecular weight is 422 g/mol. The molecular weight excluding hydrogens is 406 g/mol. The number of hydrogen-bond acceptors (Lipinski definition) is 4. The Balaban J connectivity index is 1.46. The highest BCUT2D eigenvalue weighted by Crippen LogP contribution is 2.37. The van der Waals surface area contributed by atoms with Gasteiger partial charge in [0.25, 0.3) is 5.91 Å². The number of carbonyl (C=O) groups is 2. The molecule has 0 bridgehead atoms. The standard InChI is InChI=1S/C22H16F2N4O3/c23-15-8-7-13(10-16(15)24)25-20(29)11-19-21(30)27(12-14-4-3-9-31-14)22-26-17-5-1-2-6-18(17)28(19)22/h1-10,19H,11-12H2,(H,25,29). The maximum Gasteiger partial charge on any atom is 0.253 e. The topological polar surface area (TPSA) is 80.4 Å². The molecule has 0 radical (unpaired) electrons. The Morgan fingerprint density at radius 3 is 2.71 bits per heavy atom. The number of imidazole rings is 1. The van der Waals surface area contributed by atoms with Crippen LogP contribution in [0.4, 0.5) is 20.4 Å². The summed E-state index contributed by atoms with van der Waals surface area (Å²) in [5.74, 6) is -1.88. The van der Waals surface area contributed by atoms with E-state index in [4.69, 9.17) is 4.42 Å². The van der Waals surface area contributed by atoms with Gasteiger partial charge in [-0.3, -0.25) is 19.1 Å². The summed E-state index contributed by atoms with van der Waals surface area (Å²) >= 11 is 0. The van der Waals surface area contributed by atoms with Gasteiger partial charge in [-0.1, -0.05) is 12.1 Å². The second kappa shape index (κ2) is 7.35. The summed E-state index contributed by atoms with van der Waals surface area (Å²) in [6, 6.07) is 13.1. The molecule has 156 valence electrons. The second-order valence-electron chi connectivity index (χ2n) is 7.17. The summed E-state index contributed by atoms with van der Waals surface area (Å²) in [6.07, 6.45) is 1.32. The summed E-state index contributed by atoms with van der Waals surface area (Å²) in [6.45, 7) is 0.177. The van der Waals surface area contributed by atoms with Crippen molar-refractivity contribution < 1.29 is 22.8 Å². The first-order valence-corrected chi connectivity index (χ1v) is 9.57. The van der Waals surface area contributed by atoms with Gasteiger partial charge in [0.2, 0.25) is 11.9 Å². The maximum absolute atomic E-state index is 13.4. The molecule has 2 aromatic heterocycles. The normalized spacial score (nSPS) is 15.5. The van der Waals surface area contributed by atoms with E-state index < -0.39 is 23.6 Å². The molecule has 3 heterocycles. The SMILES string of the molecule is O=C(CC1C(=O)N(Cc2ccco2)c2nc3ccccc3n21)Nc1ccc(F)c(F)c1. The number of carbonyl (C=O) groups excluding carboxylic acids is 2. The summed E-state index contributed by atoms with van der Waals surface area (Å²) in [7, 11) is 0. The van der Waals surface area contributed by atoms with Crippen molar-refractivity contribution in [3.8, 4) is 0 Å². The van der Waals surface area contributed by atoms with Crippen molar-refractivity contribution in [2.75, 3.05) is 10.2 Å². The van der Waals surface area contributed by atoms with Gasteiger partial charge in [0.15, 0.2) is 11.6 Å². The summed E-state index contributed by atoms with van der Waals surface area (Å²) < 4.78 is 33.7. The van der Waals surface area contributed by atoms with Gasteiger partial charge in [-0.2, -0.15) is 0 Å². The van der Waals surface area contributed by atoms with Crippen LogP contribution < -0.4 is 10.2 Å². The second-order valence-corrected chi connectivity index (χ2v) is 7.17. The van der Waals surface area contributed by atoms with Gasteiger partial charge in [-0.25, -0.2) is 13.8 Å². The highest BCUT2D eigenvalue weighted by atomic mass is 19.2. The van der Waals surface area contributed by atoms with Crippen LogP contribution in [-0.4, -0.2) is 21.4 Å². The molecule has 1 N–H and O–H groups in total. The zero-order valence-electron chi connectivity index (χ0n) is 16.1. The lowest BCUT2D eigenvalue weighted by atomic mass is 10.1. The molecule has 0 saturated heterocycles. The highest BCUT2D eigenvalue weighted by Gasteiger charge is 2.41. The van der Waals surface area contributed by atoms with E-state index in [1.807, 2.05) is 24.3 Å². The van der Waals surface area contributed by atoms with Crippen LogP contribution in [0.25, 0.3) is 11.0 Å². The van der Waals surface area contributed by atoms with Crippen molar-refractivity contribution in [3.05, 3.63) is 78.3 Å². The van der Waals surface area contributed by atoms with Crippen molar-refractivity contribution in [1.29, 1.82) is 0 Å². The number of aromatic nitrogens is 2. The maximum atomic E-state index is 13.4. The number of nitrogens with zero attached hydrogens (tertiary/aromatic N) is 3. The molecule has 1 atom stereocenters. The van der Waals surface area contributed by atoms with Crippen molar-refractivity contribution in [1.82, 2.24) is 9.55 Å². The number of rotatable bonds is 5. The number of furan rings is 1. The van der Waals surface area contributed by atoms with Gasteiger partial charge in [-0.15, -0.1) is 0 Å². The smallest absolute Gasteiger partial charge is 0.253 e. The quantitative estimate of drug-likeness (QED) is 0.527. The van der Waals surface area contributed by atoms with Gasteiger partial charge < -0.3 is 9.73 Å². The summed E-state index contributed by atoms with van der Waals surface area (Å²) in [4.78, 5) is 31.9. The Labute approximate surface area is 174 Å². The fourth-order valence-corrected chi connectivity index (χ4v) is 3.77. The molecule has 5 rings (SSSR count). The molecule has 1 aliphatic rings. The Morgan fingerprint density at radius 2 is 1.94 bits per heavy atom. The molecule has 0 fully saturated rings. The minimum absolute atomic E-state index is 0.109. The van der Waals surface area contributed by atoms with Crippen molar-refractivity contribution >= 4 is 34.5 Å². The van der Waals surface area contributed by atoms with Crippen LogP contribution in [0.5, 0.6) is 0 Å². The minimum Gasteiger partial charge on any atom is -0.467 e. The number of amides is 2. The van der Waals surface area contributed by atoms with E-state index in [1.165, 1.54) is 17.2 Å². The lowest BCUT2D eigenvalue weighted by Crippen LogP contribution is -2.31. The number of hydrogen-bond donors (Lipinski definition) is 1. The number of nitrogens with one attached hydrogen (secondary N) is 1. The fraction of sp³-hybridized carbons (Fsp3) is 0.136. The first kappa shape index (κ1) is 19.0. The number of anilines is 2. The minimum atomic E-state index is -1.07. The van der Waals surface area contributed by atoms with E-state index in [9.17, 15) is 18.4 Å². The largest absolute Gasteiger partial charge is 0.467 e. The van der Waals surface area contributed by atoms with Gasteiger partial charge in [0, 0.05) is 11.8 Å². The molecule has 1 unspecified atom stereocenters. The molecule has 0 spiro atoms. The molecular formula is C22H16F2N4O3. The lowest BCUT2D eigenvalue weighted by Gasteiger charge is -2.15. The van der Waals surface area contributed by atoms with Crippen LogP contribution in [0.3, 0.4) is 0 Å². The molecule has 31 heavy (non-hydrogen) atoms. The summed E-state index contributed by atoms with van der Waals surface area (Å²) in [5, 5.41) is 2.52. The fourth-order valence-electron chi connectivity index (χ4n) is 3.77. The lowest BCUT2D eigenvalue weighted by molar-refractivity contribution is -0.124. The van der Waals surface area contributed by atoms with E-state index in [2.05, 4.69) is 10.3 Å². The highest BCUT2D eigenvalue weighted by molar-refractivity contribution is 6.05. The van der Waals surface area contributed by atoms with Gasteiger partial charge in [-0.05, 0) is 36.4 Å². The van der Waals surface area contributed by atoms with Crippen molar-refractivity contribution in [2.24, 2.45) is 0 Å². The van der Waals surface area contributed by atoms with Crippen LogP contribution in [0.1, 0.15) is 18.2 Å². The third-order valence-corrected chi connectivity index (χ3v) is 5.16. The Bertz CT molecular complexity index is 1300. The molecule has 9 heteroatoms. The Morgan fingerprint density at radius 1 is 1.10 bits per heavy atom. The molecule has 0 saturated carbocycles. The Hall–Kier alpha value is -4.01. The summed E-state index contributed by atoms with van der Waals surface area (Å²) in [5.41, 5.74) is 1.52. The predicted molar refractivity (Wildman–Crippen MR) is 108 cm³/mol. The van der Waals surface area contributed by atoms with Crippen LogP contribution in [-0.2, 0) is 16.1 Å². The monoisotopic (exact) mass is 422 g/mol. The molecule has 7 nitrogen and oxygen atoms in total. The number of benzene rings is 2. The Kier molecular flexibility index (Phi) is 4.50. The van der Waals surface area contributed by atoms with Crippen LogP contribution in [0.2, 0.25) is 0 Å². The molecule has 4 aromatic rings. The molecule has 2 amide bonds. The van der Waals surface area contributed by atoms with Crippen LogP contribution in [0.15, 0.2) is 65.3 Å². The van der Waals surface area contributed by atoms with Crippen molar-refractivity contribution in [2.45, 2.75) is 19.0 Å². The van der Waals surface area contributed by atoms with E-state index in [1.54, 1.807) is 16.7 Å². The zero-order valence-corrected chi connectivity index (χ0v) is 16.1. The number of halogens is 2. The van der Waals surface area contributed by atoms with E-state index >= 15 is 0 Å². The number of para-hydroxylation sites is 2. The molecule has 1 aliphatic heterocycles. The van der Waals surface area contributed by atoms with Crippen LogP contribution >= 0.6 is 0 Å². The van der Waals surface area contributed by atoms with E-state index in [0.29, 0.717) is 17.2 Å². The molecule has 0 aliphatic carbocycles. The van der Waals surface area contributed by atoms with Gasteiger partial charge in [0.05, 0.1) is 30.3 Å². The van der Waals surface area contributed by atoms with Gasteiger partial charge in [0.1, 0.15) is 11.8 Å².